The molecule has 0 radical (unpaired) electrons. The van der Waals surface area contributed by atoms with Crippen LogP contribution in [0.15, 0.2) is 34.1 Å². The molecule has 116 valence electrons. The summed E-state index contributed by atoms with van der Waals surface area (Å²) in [6, 6.07) is 8.03. The van der Waals surface area contributed by atoms with E-state index in [1.165, 1.54) is 43.4 Å². The van der Waals surface area contributed by atoms with Crippen LogP contribution in [0.25, 0.3) is 11.3 Å². The summed E-state index contributed by atoms with van der Waals surface area (Å²) in [5.74, 6) is 0.656. The normalized spacial score (nSPS) is 15.7. The maximum absolute atomic E-state index is 12.1. The fraction of sp³-hybridized carbons (Fsp3) is 0.412. The third-order valence-electron chi connectivity index (χ3n) is 4.09. The molecule has 1 amide bonds. The number of carbonyl (C=O) groups excluding carboxylic acids is 1. The zero-order valence-electron chi connectivity index (χ0n) is 12.3. The lowest BCUT2D eigenvalue weighted by Gasteiger charge is -2.20. The van der Waals surface area contributed by atoms with Crippen molar-refractivity contribution in [3.8, 4) is 11.3 Å². The minimum absolute atomic E-state index is 0.101. The van der Waals surface area contributed by atoms with Gasteiger partial charge in [-0.15, -0.1) is 11.3 Å². The van der Waals surface area contributed by atoms with E-state index in [2.05, 4.69) is 26.2 Å². The molecule has 1 saturated carbocycles. The van der Waals surface area contributed by atoms with Gasteiger partial charge in [0.25, 0.3) is 0 Å². The average Bonchev–Trinajstić information content (AvgIpc) is 2.97. The Kier molecular flexibility index (Phi) is 5.26. The summed E-state index contributed by atoms with van der Waals surface area (Å²) in [6.45, 7) is 0. The lowest BCUT2D eigenvalue weighted by atomic mass is 9.87. The molecule has 0 aliphatic heterocycles. The van der Waals surface area contributed by atoms with Crippen LogP contribution < -0.4 is 5.32 Å². The number of nitrogens with zero attached hydrogens (tertiary/aromatic N) is 1. The number of anilines is 1. The molecule has 3 nitrogen and oxygen atoms in total. The standard InChI is InChI=1S/C17H19BrN2OS/c18-14-8-6-13(7-9-14)15-11-22-17(19-15)20-16(21)10-12-4-2-1-3-5-12/h6-9,11-12H,1-5,10H2,(H,19,20,21). The quantitative estimate of drug-likeness (QED) is 0.764. The van der Waals surface area contributed by atoms with Crippen LogP contribution in [0.3, 0.4) is 0 Å². The van der Waals surface area contributed by atoms with E-state index in [0.717, 1.165) is 15.7 Å². The van der Waals surface area contributed by atoms with Crippen molar-refractivity contribution in [2.24, 2.45) is 5.92 Å². The minimum Gasteiger partial charge on any atom is -0.302 e. The van der Waals surface area contributed by atoms with Crippen LogP contribution in [0, 0.1) is 5.92 Å². The van der Waals surface area contributed by atoms with Gasteiger partial charge in [0.05, 0.1) is 5.69 Å². The second kappa shape index (κ2) is 7.38. The van der Waals surface area contributed by atoms with Crippen molar-refractivity contribution in [1.82, 2.24) is 4.98 Å². The van der Waals surface area contributed by atoms with E-state index in [4.69, 9.17) is 0 Å². The molecule has 5 heteroatoms. The van der Waals surface area contributed by atoms with Crippen LogP contribution in [-0.2, 0) is 4.79 Å². The molecule has 0 spiro atoms. The molecule has 0 bridgehead atoms. The van der Waals surface area contributed by atoms with E-state index in [1.807, 2.05) is 29.6 Å². The van der Waals surface area contributed by atoms with Gasteiger partial charge in [0, 0.05) is 21.8 Å². The Morgan fingerprint density at radius 3 is 2.68 bits per heavy atom. The van der Waals surface area contributed by atoms with Gasteiger partial charge >= 0.3 is 0 Å². The topological polar surface area (TPSA) is 42.0 Å². The first-order chi connectivity index (χ1) is 10.7. The molecule has 1 aromatic carbocycles. The highest BCUT2D eigenvalue weighted by Crippen LogP contribution is 2.28. The van der Waals surface area contributed by atoms with Gasteiger partial charge < -0.3 is 5.32 Å². The second-order valence-electron chi connectivity index (χ2n) is 5.80. The molecule has 1 N–H and O–H groups in total. The zero-order chi connectivity index (χ0) is 15.4. The van der Waals surface area contributed by atoms with Crippen molar-refractivity contribution in [1.29, 1.82) is 0 Å². The van der Waals surface area contributed by atoms with Crippen LogP contribution in [0.5, 0.6) is 0 Å². The van der Waals surface area contributed by atoms with E-state index < -0.39 is 0 Å². The third-order valence-corrected chi connectivity index (χ3v) is 5.38. The fourth-order valence-corrected chi connectivity index (χ4v) is 3.91. The Bertz CT molecular complexity index is 632. The maximum atomic E-state index is 12.1. The monoisotopic (exact) mass is 378 g/mol. The van der Waals surface area contributed by atoms with Gasteiger partial charge in [0.15, 0.2) is 5.13 Å². The molecule has 2 aromatic rings. The molecule has 0 saturated heterocycles. The van der Waals surface area contributed by atoms with Crippen LogP contribution in [-0.4, -0.2) is 10.9 Å². The number of amides is 1. The van der Waals surface area contributed by atoms with Crippen LogP contribution in [0.2, 0.25) is 0 Å². The zero-order valence-corrected chi connectivity index (χ0v) is 14.8. The predicted octanol–water partition coefficient (Wildman–Crippen LogP) is 5.48. The molecule has 1 fully saturated rings. The van der Waals surface area contributed by atoms with Crippen molar-refractivity contribution >= 4 is 38.3 Å². The highest BCUT2D eigenvalue weighted by atomic mass is 79.9. The summed E-state index contributed by atoms with van der Waals surface area (Å²) < 4.78 is 1.05. The molecular weight excluding hydrogens is 360 g/mol. The molecule has 1 aliphatic carbocycles. The van der Waals surface area contributed by atoms with E-state index in [0.29, 0.717) is 17.5 Å². The van der Waals surface area contributed by atoms with Crippen LogP contribution in [0.4, 0.5) is 5.13 Å². The summed E-state index contributed by atoms with van der Waals surface area (Å²) in [6.07, 6.45) is 6.87. The van der Waals surface area contributed by atoms with E-state index in [9.17, 15) is 4.79 Å². The highest BCUT2D eigenvalue weighted by molar-refractivity contribution is 9.10. The van der Waals surface area contributed by atoms with Gasteiger partial charge in [-0.25, -0.2) is 4.98 Å². The number of aromatic nitrogens is 1. The largest absolute Gasteiger partial charge is 0.302 e. The Morgan fingerprint density at radius 2 is 1.95 bits per heavy atom. The Balaban J connectivity index is 1.59. The van der Waals surface area contributed by atoms with E-state index >= 15 is 0 Å². The van der Waals surface area contributed by atoms with Crippen molar-refractivity contribution < 1.29 is 4.79 Å². The Labute approximate surface area is 143 Å². The summed E-state index contributed by atoms with van der Waals surface area (Å²) in [4.78, 5) is 16.6. The molecular formula is C17H19BrN2OS. The lowest BCUT2D eigenvalue weighted by molar-refractivity contribution is -0.117. The summed E-state index contributed by atoms with van der Waals surface area (Å²) in [7, 11) is 0. The van der Waals surface area contributed by atoms with Crippen molar-refractivity contribution in [2.75, 3.05) is 5.32 Å². The first kappa shape index (κ1) is 15.7. The smallest absolute Gasteiger partial charge is 0.226 e. The number of carbonyl (C=O) groups is 1. The van der Waals surface area contributed by atoms with Crippen molar-refractivity contribution in [2.45, 2.75) is 38.5 Å². The Hall–Kier alpha value is -1.20. The number of hydrogen-bond donors (Lipinski definition) is 1. The molecule has 3 rings (SSSR count). The number of thiazole rings is 1. The van der Waals surface area contributed by atoms with Gasteiger partial charge in [0.1, 0.15) is 0 Å². The summed E-state index contributed by atoms with van der Waals surface area (Å²) >= 11 is 4.91. The van der Waals surface area contributed by atoms with Crippen LogP contribution >= 0.6 is 27.3 Å². The predicted molar refractivity (Wildman–Crippen MR) is 95.1 cm³/mol. The van der Waals surface area contributed by atoms with Gasteiger partial charge in [-0.3, -0.25) is 4.79 Å². The average molecular weight is 379 g/mol. The van der Waals surface area contributed by atoms with Crippen molar-refractivity contribution in [3.05, 3.63) is 34.1 Å². The molecule has 1 heterocycles. The molecule has 22 heavy (non-hydrogen) atoms. The first-order valence-electron chi connectivity index (χ1n) is 7.72. The maximum Gasteiger partial charge on any atom is 0.226 e. The number of benzene rings is 1. The lowest BCUT2D eigenvalue weighted by Crippen LogP contribution is -2.18. The number of halogens is 1. The van der Waals surface area contributed by atoms with E-state index in [-0.39, 0.29) is 5.91 Å². The first-order valence-corrected chi connectivity index (χ1v) is 9.39. The van der Waals surface area contributed by atoms with Crippen molar-refractivity contribution in [3.63, 3.8) is 0 Å². The highest BCUT2D eigenvalue weighted by Gasteiger charge is 2.17. The SMILES string of the molecule is O=C(CC1CCCCC1)Nc1nc(-c2ccc(Br)cc2)cs1. The fourth-order valence-electron chi connectivity index (χ4n) is 2.91. The van der Waals surface area contributed by atoms with Gasteiger partial charge in [-0.1, -0.05) is 47.3 Å². The molecule has 1 aromatic heterocycles. The Morgan fingerprint density at radius 1 is 1.23 bits per heavy atom. The van der Waals surface area contributed by atoms with Gasteiger partial charge in [-0.05, 0) is 30.9 Å². The number of rotatable bonds is 4. The number of hydrogen-bond acceptors (Lipinski definition) is 3. The second-order valence-corrected chi connectivity index (χ2v) is 7.57. The molecule has 1 aliphatic rings. The van der Waals surface area contributed by atoms with Crippen LogP contribution in [0.1, 0.15) is 38.5 Å². The summed E-state index contributed by atoms with van der Waals surface area (Å²) in [5, 5.41) is 5.63. The third kappa shape index (κ3) is 4.17. The molecule has 0 atom stereocenters. The van der Waals surface area contributed by atoms with Gasteiger partial charge in [-0.2, -0.15) is 0 Å². The van der Waals surface area contributed by atoms with Gasteiger partial charge in [0.2, 0.25) is 5.91 Å². The molecule has 0 unspecified atom stereocenters. The minimum atomic E-state index is 0.101. The van der Waals surface area contributed by atoms with E-state index in [1.54, 1.807) is 0 Å². The number of nitrogens with one attached hydrogen (secondary N) is 1. The summed E-state index contributed by atoms with van der Waals surface area (Å²) in [5.41, 5.74) is 1.97.